The van der Waals surface area contributed by atoms with Crippen molar-refractivity contribution in [2.75, 3.05) is 13.7 Å². The number of aromatic nitrogens is 5. The van der Waals surface area contributed by atoms with Gasteiger partial charge in [-0.2, -0.15) is 10.2 Å². The van der Waals surface area contributed by atoms with Gasteiger partial charge in [0.15, 0.2) is 0 Å². The van der Waals surface area contributed by atoms with Crippen molar-refractivity contribution in [2.24, 2.45) is 0 Å². The predicted molar refractivity (Wildman–Crippen MR) is 121 cm³/mol. The van der Waals surface area contributed by atoms with Crippen molar-refractivity contribution >= 4 is 5.91 Å². The van der Waals surface area contributed by atoms with Crippen LogP contribution in [0.2, 0.25) is 0 Å². The van der Waals surface area contributed by atoms with Crippen molar-refractivity contribution in [3.05, 3.63) is 93.8 Å². The first-order valence-electron chi connectivity index (χ1n) is 10.6. The third kappa shape index (κ3) is 4.25. The number of methoxy groups -OCH3 is 1. The quantitative estimate of drug-likeness (QED) is 0.508. The Balaban J connectivity index is 1.32. The molecule has 33 heavy (non-hydrogen) atoms. The summed E-state index contributed by atoms with van der Waals surface area (Å²) in [6, 6.07) is 14.5. The SMILES string of the molecule is COc1ccc(-c2cc(C(=O)N3CCc4nn(Cc5cccnc5)c(=O)cc4C3)[nH]n2)cc1. The van der Waals surface area contributed by atoms with E-state index < -0.39 is 0 Å². The van der Waals surface area contributed by atoms with Crippen LogP contribution in [0.25, 0.3) is 11.3 Å². The maximum absolute atomic E-state index is 13.1. The molecule has 0 unspecified atom stereocenters. The largest absolute Gasteiger partial charge is 0.497 e. The second-order valence-corrected chi connectivity index (χ2v) is 7.85. The van der Waals surface area contributed by atoms with Gasteiger partial charge >= 0.3 is 0 Å². The van der Waals surface area contributed by atoms with Gasteiger partial charge in [0.2, 0.25) is 0 Å². The molecule has 0 atom stereocenters. The van der Waals surface area contributed by atoms with Gasteiger partial charge in [-0.3, -0.25) is 19.7 Å². The highest BCUT2D eigenvalue weighted by atomic mass is 16.5. The fourth-order valence-corrected chi connectivity index (χ4v) is 3.90. The Hall–Kier alpha value is -4.27. The zero-order chi connectivity index (χ0) is 22.8. The fourth-order valence-electron chi connectivity index (χ4n) is 3.90. The molecule has 0 radical (unpaired) electrons. The molecule has 166 valence electrons. The molecule has 0 saturated carbocycles. The number of hydrogen-bond acceptors (Lipinski definition) is 6. The minimum Gasteiger partial charge on any atom is -0.497 e. The molecule has 1 aromatic carbocycles. The zero-order valence-electron chi connectivity index (χ0n) is 18.1. The van der Waals surface area contributed by atoms with Crippen molar-refractivity contribution in [1.29, 1.82) is 0 Å². The average molecular weight is 442 g/mol. The number of pyridine rings is 1. The summed E-state index contributed by atoms with van der Waals surface area (Å²) in [6.07, 6.45) is 3.99. The summed E-state index contributed by atoms with van der Waals surface area (Å²) in [7, 11) is 1.61. The molecule has 9 nitrogen and oxygen atoms in total. The summed E-state index contributed by atoms with van der Waals surface area (Å²) in [5.74, 6) is 0.595. The lowest BCUT2D eigenvalue weighted by Crippen LogP contribution is -2.38. The number of benzene rings is 1. The first-order valence-corrected chi connectivity index (χ1v) is 10.6. The topological polar surface area (TPSA) is 106 Å². The van der Waals surface area contributed by atoms with Crippen LogP contribution in [0, 0.1) is 0 Å². The van der Waals surface area contributed by atoms with E-state index in [1.807, 2.05) is 36.4 Å². The Bertz CT molecular complexity index is 1340. The van der Waals surface area contributed by atoms with E-state index in [1.165, 1.54) is 4.68 Å². The Morgan fingerprint density at radius 1 is 1.18 bits per heavy atom. The summed E-state index contributed by atoms with van der Waals surface area (Å²) in [6.45, 7) is 1.22. The van der Waals surface area contributed by atoms with Crippen LogP contribution in [0.1, 0.15) is 27.3 Å². The third-order valence-corrected chi connectivity index (χ3v) is 5.68. The van der Waals surface area contributed by atoms with Crippen LogP contribution in [0.3, 0.4) is 0 Å². The molecule has 1 aliphatic rings. The first kappa shape index (κ1) is 20.6. The highest BCUT2D eigenvalue weighted by Gasteiger charge is 2.25. The minimum atomic E-state index is -0.199. The van der Waals surface area contributed by atoms with Gasteiger partial charge in [-0.1, -0.05) is 6.07 Å². The maximum Gasteiger partial charge on any atom is 0.272 e. The van der Waals surface area contributed by atoms with Gasteiger partial charge in [-0.05, 0) is 42.0 Å². The molecule has 4 aromatic rings. The first-order chi connectivity index (χ1) is 16.1. The second kappa shape index (κ2) is 8.70. The van der Waals surface area contributed by atoms with Gasteiger partial charge in [-0.15, -0.1) is 0 Å². The molecular formula is C24H22N6O3. The Morgan fingerprint density at radius 3 is 2.79 bits per heavy atom. The fraction of sp³-hybridized carbons (Fsp3) is 0.208. The van der Waals surface area contributed by atoms with Crippen LogP contribution in [-0.4, -0.2) is 49.4 Å². The Labute approximate surface area is 189 Å². The van der Waals surface area contributed by atoms with E-state index in [1.54, 1.807) is 36.5 Å². The summed E-state index contributed by atoms with van der Waals surface area (Å²) in [5, 5.41) is 11.7. The Kier molecular flexibility index (Phi) is 5.43. The standard InChI is InChI=1S/C24H22N6O3/c1-33-19-6-4-17(5-7-19)21-12-22(27-26-21)24(32)29-10-8-20-18(15-29)11-23(31)30(28-20)14-16-3-2-9-25-13-16/h2-7,9,11-13H,8,10,14-15H2,1H3,(H,26,27). The molecule has 4 heterocycles. The lowest BCUT2D eigenvalue weighted by atomic mass is 10.1. The van der Waals surface area contributed by atoms with E-state index in [9.17, 15) is 9.59 Å². The number of nitrogens with one attached hydrogen (secondary N) is 1. The van der Waals surface area contributed by atoms with E-state index in [-0.39, 0.29) is 11.5 Å². The molecule has 1 aliphatic heterocycles. The van der Waals surface area contributed by atoms with Crippen LogP contribution in [0.4, 0.5) is 0 Å². The predicted octanol–water partition coefficient (Wildman–Crippen LogP) is 2.28. The van der Waals surface area contributed by atoms with Crippen molar-refractivity contribution in [2.45, 2.75) is 19.5 Å². The minimum absolute atomic E-state index is 0.160. The molecule has 9 heteroatoms. The molecule has 0 spiro atoms. The van der Waals surface area contributed by atoms with Crippen LogP contribution in [-0.2, 0) is 19.5 Å². The summed E-state index contributed by atoms with van der Waals surface area (Å²) in [5.41, 5.74) is 4.29. The van der Waals surface area contributed by atoms with Gasteiger partial charge in [0, 0.05) is 49.1 Å². The molecule has 5 rings (SSSR count). The molecule has 1 amide bonds. The van der Waals surface area contributed by atoms with Crippen LogP contribution in [0.5, 0.6) is 5.75 Å². The number of carbonyl (C=O) groups is 1. The third-order valence-electron chi connectivity index (χ3n) is 5.68. The van der Waals surface area contributed by atoms with Gasteiger partial charge in [0.1, 0.15) is 11.4 Å². The van der Waals surface area contributed by atoms with Crippen LogP contribution in [0.15, 0.2) is 65.7 Å². The number of carbonyl (C=O) groups excluding carboxylic acids is 1. The summed E-state index contributed by atoms with van der Waals surface area (Å²) in [4.78, 5) is 31.5. The van der Waals surface area contributed by atoms with Crippen molar-refractivity contribution in [3.63, 3.8) is 0 Å². The summed E-state index contributed by atoms with van der Waals surface area (Å²) < 4.78 is 6.63. The maximum atomic E-state index is 13.1. The molecule has 0 aliphatic carbocycles. The number of ether oxygens (including phenoxy) is 1. The molecule has 1 N–H and O–H groups in total. The van der Waals surface area contributed by atoms with Crippen molar-refractivity contribution in [1.82, 2.24) is 29.9 Å². The van der Waals surface area contributed by atoms with E-state index in [2.05, 4.69) is 20.3 Å². The summed E-state index contributed by atoms with van der Waals surface area (Å²) >= 11 is 0. The molecule has 0 fully saturated rings. The number of rotatable bonds is 5. The highest BCUT2D eigenvalue weighted by molar-refractivity contribution is 5.93. The highest BCUT2D eigenvalue weighted by Crippen LogP contribution is 2.23. The number of hydrogen-bond donors (Lipinski definition) is 1. The van der Waals surface area contributed by atoms with Gasteiger partial charge < -0.3 is 9.64 Å². The van der Waals surface area contributed by atoms with E-state index in [0.29, 0.717) is 37.4 Å². The number of aromatic amines is 1. The van der Waals surface area contributed by atoms with Crippen LogP contribution >= 0.6 is 0 Å². The lowest BCUT2D eigenvalue weighted by molar-refractivity contribution is 0.0726. The van der Waals surface area contributed by atoms with Crippen LogP contribution < -0.4 is 10.3 Å². The van der Waals surface area contributed by atoms with E-state index >= 15 is 0 Å². The lowest BCUT2D eigenvalue weighted by Gasteiger charge is -2.28. The molecule has 3 aromatic heterocycles. The number of amides is 1. The smallest absolute Gasteiger partial charge is 0.272 e. The zero-order valence-corrected chi connectivity index (χ0v) is 18.1. The van der Waals surface area contributed by atoms with Crippen molar-refractivity contribution in [3.8, 4) is 17.0 Å². The van der Waals surface area contributed by atoms with Gasteiger partial charge in [0.05, 0.1) is 25.0 Å². The monoisotopic (exact) mass is 442 g/mol. The van der Waals surface area contributed by atoms with Gasteiger partial charge in [-0.25, -0.2) is 4.68 Å². The number of fused-ring (bicyclic) bond motifs is 1. The molecule has 0 saturated heterocycles. The van der Waals surface area contributed by atoms with E-state index in [4.69, 9.17) is 4.74 Å². The van der Waals surface area contributed by atoms with Gasteiger partial charge in [0.25, 0.3) is 11.5 Å². The number of H-pyrrole nitrogens is 1. The molecular weight excluding hydrogens is 420 g/mol. The van der Waals surface area contributed by atoms with Crippen molar-refractivity contribution < 1.29 is 9.53 Å². The second-order valence-electron chi connectivity index (χ2n) is 7.85. The normalized spacial score (nSPS) is 12.9. The molecule has 0 bridgehead atoms. The number of nitrogens with zero attached hydrogens (tertiary/aromatic N) is 5. The Morgan fingerprint density at radius 2 is 2.03 bits per heavy atom. The van der Waals surface area contributed by atoms with E-state index in [0.717, 1.165) is 28.1 Å². The average Bonchev–Trinajstić information content (AvgIpc) is 3.35.